The number of methoxy groups -OCH3 is 1. The van der Waals surface area contributed by atoms with Crippen LogP contribution >= 0.6 is 0 Å². The van der Waals surface area contributed by atoms with Crippen LogP contribution in [-0.4, -0.2) is 157 Å². The van der Waals surface area contributed by atoms with Gasteiger partial charge in [0.1, 0.15) is 35.3 Å². The van der Waals surface area contributed by atoms with Crippen molar-refractivity contribution in [3.8, 4) is 5.75 Å². The van der Waals surface area contributed by atoms with Gasteiger partial charge in [-0.05, 0) is 83.4 Å². The largest absolute Gasteiger partial charge is 0.497 e. The molecule has 8 amide bonds. The predicted molar refractivity (Wildman–Crippen MR) is 261 cm³/mol. The van der Waals surface area contributed by atoms with Gasteiger partial charge in [0.2, 0.25) is 41.4 Å². The summed E-state index contributed by atoms with van der Waals surface area (Å²) in [6.07, 6.45) is -0.501. The summed E-state index contributed by atoms with van der Waals surface area (Å²) >= 11 is 0. The van der Waals surface area contributed by atoms with Crippen molar-refractivity contribution < 1.29 is 57.4 Å². The van der Waals surface area contributed by atoms with Gasteiger partial charge in [-0.2, -0.15) is 0 Å². The number of nitrogens with one attached hydrogen (secondary N) is 5. The number of nitrogens with zero attached hydrogens (tertiary/aromatic N) is 3. The fourth-order valence-corrected chi connectivity index (χ4v) is 8.06. The molecule has 1 aliphatic heterocycles. The number of carbonyl (C=O) groups excluding carboxylic acids is 10. The molecule has 5 N–H and O–H groups in total. The predicted octanol–water partition coefficient (Wildman–Crippen LogP) is 1.76. The van der Waals surface area contributed by atoms with E-state index in [1.165, 1.54) is 77.6 Å². The zero-order chi connectivity index (χ0) is 53.5. The van der Waals surface area contributed by atoms with Gasteiger partial charge >= 0.3 is 5.97 Å². The molecule has 0 radical (unpaired) electrons. The zero-order valence-corrected chi connectivity index (χ0v) is 44.1. The Hall–Kier alpha value is -6.08. The van der Waals surface area contributed by atoms with Gasteiger partial charge in [-0.1, -0.05) is 60.6 Å². The second-order valence-corrected chi connectivity index (χ2v) is 19.8. The molecule has 20 nitrogen and oxygen atoms in total. The Morgan fingerprint density at radius 2 is 1.26 bits per heavy atom. The van der Waals surface area contributed by atoms with Crippen LogP contribution < -0.4 is 31.3 Å². The Bertz CT molecular complexity index is 2040. The van der Waals surface area contributed by atoms with Crippen molar-refractivity contribution in [1.82, 2.24) is 41.3 Å². The molecule has 392 valence electrons. The molecule has 1 aromatic carbocycles. The molecule has 1 aromatic rings. The maximum Gasteiger partial charge on any atom is 0.311 e. The molecule has 0 unspecified atom stereocenters. The van der Waals surface area contributed by atoms with E-state index in [4.69, 9.17) is 9.47 Å². The lowest BCUT2D eigenvalue weighted by Gasteiger charge is -2.37. The van der Waals surface area contributed by atoms with Crippen LogP contribution in [0.4, 0.5) is 0 Å². The van der Waals surface area contributed by atoms with Crippen LogP contribution in [0, 0.1) is 29.1 Å². The van der Waals surface area contributed by atoms with Crippen LogP contribution in [0.5, 0.6) is 5.75 Å². The van der Waals surface area contributed by atoms with Crippen molar-refractivity contribution >= 4 is 59.0 Å². The average molecular weight is 985 g/mol. The number of hydrogen-bond acceptors (Lipinski definition) is 12. The molecule has 1 saturated heterocycles. The lowest BCUT2D eigenvalue weighted by molar-refractivity contribution is -0.163. The highest BCUT2D eigenvalue weighted by Gasteiger charge is 2.43. The Labute approximate surface area is 413 Å². The van der Waals surface area contributed by atoms with Crippen LogP contribution in [-0.2, 0) is 59.1 Å². The number of esters is 1. The van der Waals surface area contributed by atoms with Gasteiger partial charge in [0.15, 0.2) is 11.9 Å². The standard InChI is InChI=1S/C50H80N8O12/c1-17-29(7)41-46(65)52-25-38(59)56(13)36(23-27(3)4)44(63)51-26-39(60)58(15)40(28(5)6)47(66)57(14)37(24-33-19-21-34(69-16)22-20-33)45(64)53-31(9)42(61)50(11,12)49(68)54-32(10)43(62)55-35(18-2)30(8)48(67)70-41/h19-22,27-32,35-37,40-41H,17-18,23-26H2,1-16H3,(H,51,63)(H,52,65)(H,53,64)(H,54,68)(H,55,62)/t29-,30+,31+,32+,35-,36+,37+,40+,41+/m1/s1. The first-order valence-corrected chi connectivity index (χ1v) is 24.2. The summed E-state index contributed by atoms with van der Waals surface area (Å²) in [5.41, 5.74) is -1.16. The minimum atomic E-state index is -1.79. The second-order valence-electron chi connectivity index (χ2n) is 19.8. The topological polar surface area (TPSA) is 259 Å². The number of likely N-dealkylation sites (N-methyl/N-ethyl adjacent to an activating group) is 3. The Morgan fingerprint density at radius 1 is 0.700 bits per heavy atom. The summed E-state index contributed by atoms with van der Waals surface area (Å²) in [7, 11) is 5.72. The lowest BCUT2D eigenvalue weighted by Crippen LogP contribution is -2.60. The number of benzene rings is 1. The molecular formula is C50H80N8O12. The van der Waals surface area contributed by atoms with Crippen LogP contribution in [0.3, 0.4) is 0 Å². The van der Waals surface area contributed by atoms with Crippen molar-refractivity contribution in [2.45, 2.75) is 151 Å². The van der Waals surface area contributed by atoms with E-state index in [1.807, 2.05) is 13.8 Å². The van der Waals surface area contributed by atoms with Gasteiger partial charge in [-0.15, -0.1) is 0 Å². The maximum atomic E-state index is 14.6. The minimum Gasteiger partial charge on any atom is -0.497 e. The Balaban J connectivity index is 2.68. The van der Waals surface area contributed by atoms with Crippen molar-refractivity contribution in [2.24, 2.45) is 29.1 Å². The molecular weight excluding hydrogens is 905 g/mol. The average Bonchev–Trinajstić information content (AvgIpc) is 3.31. The molecule has 20 heteroatoms. The minimum absolute atomic E-state index is 0.0330. The van der Waals surface area contributed by atoms with Crippen LogP contribution in [0.15, 0.2) is 24.3 Å². The summed E-state index contributed by atoms with van der Waals surface area (Å²) < 4.78 is 11.0. The molecule has 1 heterocycles. The zero-order valence-electron chi connectivity index (χ0n) is 44.1. The monoisotopic (exact) mass is 985 g/mol. The van der Waals surface area contributed by atoms with Crippen LogP contribution in [0.2, 0.25) is 0 Å². The number of ether oxygens (including phenoxy) is 2. The van der Waals surface area contributed by atoms with E-state index in [2.05, 4.69) is 26.6 Å². The lowest BCUT2D eigenvalue weighted by atomic mass is 9.83. The first kappa shape index (κ1) is 60.0. The van der Waals surface area contributed by atoms with Gasteiger partial charge in [0.05, 0.1) is 32.2 Å². The number of amides is 8. The van der Waals surface area contributed by atoms with E-state index in [-0.39, 0.29) is 25.2 Å². The Morgan fingerprint density at radius 3 is 1.77 bits per heavy atom. The third kappa shape index (κ3) is 16.0. The molecule has 1 fully saturated rings. The number of hydrogen-bond donors (Lipinski definition) is 5. The Kier molecular flexibility index (Phi) is 23.0. The molecule has 0 spiro atoms. The van der Waals surface area contributed by atoms with Gasteiger partial charge in [0.25, 0.3) is 5.91 Å². The molecule has 9 atom stereocenters. The summed E-state index contributed by atoms with van der Waals surface area (Å²) in [5.74, 6) is -8.57. The summed E-state index contributed by atoms with van der Waals surface area (Å²) in [5, 5.41) is 13.2. The molecule has 0 saturated carbocycles. The molecule has 2 rings (SSSR count). The third-order valence-electron chi connectivity index (χ3n) is 13.2. The van der Waals surface area contributed by atoms with E-state index >= 15 is 0 Å². The van der Waals surface area contributed by atoms with Gasteiger partial charge in [0, 0.05) is 39.5 Å². The number of rotatable bonds is 9. The van der Waals surface area contributed by atoms with E-state index in [9.17, 15) is 47.9 Å². The highest BCUT2D eigenvalue weighted by Crippen LogP contribution is 2.23. The van der Waals surface area contributed by atoms with Crippen molar-refractivity contribution in [3.63, 3.8) is 0 Å². The van der Waals surface area contributed by atoms with Gasteiger partial charge < -0.3 is 50.8 Å². The second kappa shape index (κ2) is 26.8. The van der Waals surface area contributed by atoms with Crippen molar-refractivity contribution in [1.29, 1.82) is 0 Å². The maximum absolute atomic E-state index is 14.6. The quantitative estimate of drug-likeness (QED) is 0.175. The first-order chi connectivity index (χ1) is 32.5. The number of carbonyl (C=O) groups is 10. The fraction of sp³-hybridized carbons (Fsp3) is 0.680. The fourth-order valence-electron chi connectivity index (χ4n) is 8.06. The highest BCUT2D eigenvalue weighted by atomic mass is 16.5. The van der Waals surface area contributed by atoms with E-state index in [0.717, 1.165) is 0 Å². The van der Waals surface area contributed by atoms with E-state index < -0.39 is 138 Å². The van der Waals surface area contributed by atoms with Gasteiger partial charge in [-0.3, -0.25) is 47.9 Å². The summed E-state index contributed by atoms with van der Waals surface area (Å²) in [6, 6.07) is 0.0574. The SMILES string of the molecule is CC[C@@H](C)[C@@H]1OC(=O)[C@@H](C)[C@@H](CC)NC(=O)[C@H](C)NC(=O)C(C)(C)C(=O)[C@H](C)NC(=O)[C@H](Cc2ccc(OC)cc2)N(C)C(=O)[C@H](C(C)C)N(C)C(=O)CNC(=O)[C@H](CC(C)C)N(C)C(=O)CNC1=O. The highest BCUT2D eigenvalue weighted by molar-refractivity contribution is 6.09. The smallest absolute Gasteiger partial charge is 0.311 e. The van der Waals surface area contributed by atoms with Crippen molar-refractivity contribution in [3.05, 3.63) is 29.8 Å². The number of ketones is 1. The molecule has 70 heavy (non-hydrogen) atoms. The molecule has 0 aromatic heterocycles. The molecule has 0 bridgehead atoms. The number of cyclic esters (lactones) is 1. The third-order valence-corrected chi connectivity index (χ3v) is 13.2. The molecule has 0 aliphatic carbocycles. The van der Waals surface area contributed by atoms with Crippen LogP contribution in [0.1, 0.15) is 108 Å². The van der Waals surface area contributed by atoms with E-state index in [0.29, 0.717) is 17.7 Å². The first-order valence-electron chi connectivity index (χ1n) is 24.2. The summed E-state index contributed by atoms with van der Waals surface area (Å²) in [4.78, 5) is 142. The van der Waals surface area contributed by atoms with Crippen LogP contribution in [0.25, 0.3) is 0 Å². The van der Waals surface area contributed by atoms with Crippen molar-refractivity contribution in [2.75, 3.05) is 41.3 Å². The number of Topliss-reactive ketones (excluding diaryl/α,β-unsaturated/α-hetero) is 1. The van der Waals surface area contributed by atoms with E-state index in [1.54, 1.807) is 58.9 Å². The van der Waals surface area contributed by atoms with Gasteiger partial charge in [-0.25, -0.2) is 0 Å². The summed E-state index contributed by atoms with van der Waals surface area (Å²) in [6.45, 7) is 18.3. The molecule has 1 aliphatic rings. The normalized spacial score (nSPS) is 26.7.